The zero-order valence-corrected chi connectivity index (χ0v) is 17.7. The molecule has 0 unspecified atom stereocenters. The molecule has 0 radical (unpaired) electrons. The highest BCUT2D eigenvalue weighted by Gasteiger charge is 2.29. The van der Waals surface area contributed by atoms with Crippen LogP contribution < -0.4 is 0 Å². The minimum absolute atomic E-state index is 0.100. The van der Waals surface area contributed by atoms with E-state index in [1.165, 1.54) is 34.6 Å². The number of amides is 1. The molecule has 1 saturated heterocycles. The monoisotopic (exact) mass is 432 g/mol. The van der Waals surface area contributed by atoms with Gasteiger partial charge in [-0.3, -0.25) is 4.79 Å². The minimum Gasteiger partial charge on any atom is -0.462 e. The molecule has 30 heavy (non-hydrogen) atoms. The summed E-state index contributed by atoms with van der Waals surface area (Å²) in [5.74, 6) is 0.663. The van der Waals surface area contributed by atoms with Gasteiger partial charge in [0.1, 0.15) is 11.5 Å². The molecule has 1 aromatic heterocycles. The molecular weight excluding hydrogens is 408 g/mol. The SMILES string of the molecule is CCOC(=O)c1ccc(S(=O)(=O)N2CCN(C(=O)/C=C/c3ccc(C)o3)CC2)cc1. The third kappa shape index (κ3) is 4.98. The quantitative estimate of drug-likeness (QED) is 0.513. The van der Waals surface area contributed by atoms with Gasteiger partial charge in [-0.05, 0) is 56.3 Å². The van der Waals surface area contributed by atoms with Crippen molar-refractivity contribution in [1.29, 1.82) is 0 Å². The number of carbonyl (C=O) groups excluding carboxylic acids is 2. The summed E-state index contributed by atoms with van der Waals surface area (Å²) in [7, 11) is -3.71. The molecule has 160 valence electrons. The predicted molar refractivity (Wildman–Crippen MR) is 110 cm³/mol. The van der Waals surface area contributed by atoms with Crippen molar-refractivity contribution in [2.45, 2.75) is 18.7 Å². The molecule has 8 nitrogen and oxygen atoms in total. The van der Waals surface area contributed by atoms with Gasteiger partial charge in [-0.25, -0.2) is 13.2 Å². The molecule has 0 bridgehead atoms. The van der Waals surface area contributed by atoms with Crippen LogP contribution in [0.4, 0.5) is 0 Å². The molecule has 1 fully saturated rings. The summed E-state index contributed by atoms with van der Waals surface area (Å²) in [6.07, 6.45) is 3.03. The van der Waals surface area contributed by atoms with E-state index in [1.807, 2.05) is 13.0 Å². The van der Waals surface area contributed by atoms with Crippen molar-refractivity contribution in [3.63, 3.8) is 0 Å². The van der Waals surface area contributed by atoms with Crippen molar-refractivity contribution in [2.24, 2.45) is 0 Å². The molecule has 1 aromatic carbocycles. The number of furan rings is 1. The van der Waals surface area contributed by atoms with E-state index < -0.39 is 16.0 Å². The number of piperazine rings is 1. The maximum absolute atomic E-state index is 12.9. The molecule has 2 aromatic rings. The summed E-state index contributed by atoms with van der Waals surface area (Å²) in [5, 5.41) is 0. The molecule has 1 aliphatic heterocycles. The van der Waals surface area contributed by atoms with Crippen LogP contribution in [0.15, 0.2) is 51.8 Å². The van der Waals surface area contributed by atoms with Crippen molar-refractivity contribution in [3.05, 3.63) is 59.6 Å². The first-order chi connectivity index (χ1) is 14.3. The largest absolute Gasteiger partial charge is 0.462 e. The molecule has 2 heterocycles. The average molecular weight is 432 g/mol. The van der Waals surface area contributed by atoms with Gasteiger partial charge in [0.15, 0.2) is 0 Å². The molecule has 9 heteroatoms. The van der Waals surface area contributed by atoms with Gasteiger partial charge < -0.3 is 14.1 Å². The lowest BCUT2D eigenvalue weighted by Gasteiger charge is -2.33. The first kappa shape index (κ1) is 21.8. The molecule has 0 aliphatic carbocycles. The number of esters is 1. The Kier molecular flexibility index (Phi) is 6.73. The van der Waals surface area contributed by atoms with Gasteiger partial charge in [-0.1, -0.05) is 0 Å². The number of rotatable bonds is 6. The summed E-state index contributed by atoms with van der Waals surface area (Å²) in [5.41, 5.74) is 0.296. The lowest BCUT2D eigenvalue weighted by atomic mass is 10.2. The van der Waals surface area contributed by atoms with Crippen LogP contribution in [-0.2, 0) is 19.6 Å². The first-order valence-electron chi connectivity index (χ1n) is 9.62. The van der Waals surface area contributed by atoms with Crippen LogP contribution in [0.3, 0.4) is 0 Å². The van der Waals surface area contributed by atoms with Gasteiger partial charge >= 0.3 is 5.97 Å². The number of hydrogen-bond acceptors (Lipinski definition) is 6. The topological polar surface area (TPSA) is 97.1 Å². The number of nitrogens with zero attached hydrogens (tertiary/aromatic N) is 2. The summed E-state index contributed by atoms with van der Waals surface area (Å²) in [6.45, 7) is 4.75. The summed E-state index contributed by atoms with van der Waals surface area (Å²) >= 11 is 0. The highest BCUT2D eigenvalue weighted by atomic mass is 32.2. The van der Waals surface area contributed by atoms with Crippen LogP contribution in [0, 0.1) is 6.92 Å². The molecule has 1 amide bonds. The number of aryl methyl sites for hydroxylation is 1. The number of benzene rings is 1. The Morgan fingerprint density at radius 2 is 1.73 bits per heavy atom. The predicted octanol–water partition coefficient (Wildman–Crippen LogP) is 2.31. The third-order valence-electron chi connectivity index (χ3n) is 4.70. The summed E-state index contributed by atoms with van der Waals surface area (Å²) in [6, 6.07) is 9.25. The second kappa shape index (κ2) is 9.27. The van der Waals surface area contributed by atoms with Crippen LogP contribution in [0.2, 0.25) is 0 Å². The molecule has 0 N–H and O–H groups in total. The van der Waals surface area contributed by atoms with Gasteiger partial charge in [0.05, 0.1) is 17.1 Å². The third-order valence-corrected chi connectivity index (χ3v) is 6.62. The van der Waals surface area contributed by atoms with Crippen LogP contribution >= 0.6 is 0 Å². The van der Waals surface area contributed by atoms with E-state index in [-0.39, 0.29) is 30.5 Å². The lowest BCUT2D eigenvalue weighted by molar-refractivity contribution is -0.127. The van der Waals surface area contributed by atoms with Gasteiger partial charge in [0.2, 0.25) is 15.9 Å². The van der Waals surface area contributed by atoms with Gasteiger partial charge in [-0.2, -0.15) is 4.31 Å². The van der Waals surface area contributed by atoms with Gasteiger partial charge in [-0.15, -0.1) is 0 Å². The number of sulfonamides is 1. The molecule has 0 atom stereocenters. The average Bonchev–Trinajstić information content (AvgIpc) is 3.17. The second-order valence-electron chi connectivity index (χ2n) is 6.76. The first-order valence-corrected chi connectivity index (χ1v) is 11.1. The van der Waals surface area contributed by atoms with Crippen LogP contribution in [0.1, 0.15) is 28.8 Å². The Morgan fingerprint density at radius 3 is 2.30 bits per heavy atom. The fourth-order valence-electron chi connectivity index (χ4n) is 3.08. The van der Waals surface area contributed by atoms with E-state index >= 15 is 0 Å². The van der Waals surface area contributed by atoms with E-state index in [2.05, 4.69) is 0 Å². The van der Waals surface area contributed by atoms with E-state index in [0.29, 0.717) is 24.4 Å². The van der Waals surface area contributed by atoms with Crippen molar-refractivity contribution >= 4 is 28.0 Å². The van der Waals surface area contributed by atoms with Crippen molar-refractivity contribution < 1.29 is 27.2 Å². The van der Waals surface area contributed by atoms with Crippen molar-refractivity contribution in [1.82, 2.24) is 9.21 Å². The van der Waals surface area contributed by atoms with E-state index in [9.17, 15) is 18.0 Å². The molecular formula is C21H24N2O6S. The Balaban J connectivity index is 1.60. The minimum atomic E-state index is -3.71. The zero-order chi connectivity index (χ0) is 21.7. The van der Waals surface area contributed by atoms with Crippen molar-refractivity contribution in [2.75, 3.05) is 32.8 Å². The van der Waals surface area contributed by atoms with Crippen LogP contribution in [0.25, 0.3) is 6.08 Å². The molecule has 0 spiro atoms. The van der Waals surface area contributed by atoms with E-state index in [4.69, 9.17) is 9.15 Å². The highest BCUT2D eigenvalue weighted by molar-refractivity contribution is 7.89. The Labute approximate surface area is 175 Å². The molecule has 0 saturated carbocycles. The Morgan fingerprint density at radius 1 is 1.07 bits per heavy atom. The standard InChI is InChI=1S/C21H24N2O6S/c1-3-28-21(25)17-5-9-19(10-6-17)30(26,27)23-14-12-22(13-15-23)20(24)11-8-18-7-4-16(2)29-18/h4-11H,3,12-15H2,1-2H3/b11-8+. The Bertz CT molecular complexity index is 1030. The van der Waals surface area contributed by atoms with Gasteiger partial charge in [0.25, 0.3) is 0 Å². The summed E-state index contributed by atoms with van der Waals surface area (Å²) < 4.78 is 37.4. The normalized spacial score (nSPS) is 15.5. The maximum Gasteiger partial charge on any atom is 0.338 e. The van der Waals surface area contributed by atoms with E-state index in [1.54, 1.807) is 24.0 Å². The number of ether oxygens (including phenoxy) is 1. The number of carbonyl (C=O) groups is 2. The highest BCUT2D eigenvalue weighted by Crippen LogP contribution is 2.19. The molecule has 3 rings (SSSR count). The summed E-state index contributed by atoms with van der Waals surface area (Å²) in [4.78, 5) is 25.8. The smallest absolute Gasteiger partial charge is 0.338 e. The van der Waals surface area contributed by atoms with E-state index in [0.717, 1.165) is 5.76 Å². The fraction of sp³-hybridized carbons (Fsp3) is 0.333. The maximum atomic E-state index is 12.9. The lowest BCUT2D eigenvalue weighted by Crippen LogP contribution is -2.50. The fourth-order valence-corrected chi connectivity index (χ4v) is 4.50. The Hall–Kier alpha value is -2.91. The van der Waals surface area contributed by atoms with Crippen molar-refractivity contribution in [3.8, 4) is 0 Å². The zero-order valence-electron chi connectivity index (χ0n) is 16.9. The molecule has 1 aliphatic rings. The van der Waals surface area contributed by atoms with Gasteiger partial charge in [0, 0.05) is 32.3 Å². The second-order valence-corrected chi connectivity index (χ2v) is 8.69. The number of hydrogen-bond donors (Lipinski definition) is 0. The van der Waals surface area contributed by atoms with Crippen LogP contribution in [-0.4, -0.2) is 62.3 Å². The van der Waals surface area contributed by atoms with Crippen LogP contribution in [0.5, 0.6) is 0 Å².